The van der Waals surface area contributed by atoms with Gasteiger partial charge in [-0.05, 0) is 26.0 Å². The van der Waals surface area contributed by atoms with Gasteiger partial charge in [0.15, 0.2) is 0 Å². The van der Waals surface area contributed by atoms with Gasteiger partial charge in [-0.15, -0.1) is 6.58 Å². The molecule has 0 aliphatic carbocycles. The Morgan fingerprint density at radius 2 is 2.29 bits per heavy atom. The largest absolute Gasteiger partial charge is 0.367 e. The number of nitrogens with zero attached hydrogens (tertiary/aromatic N) is 1. The predicted molar refractivity (Wildman–Crippen MR) is 70.2 cm³/mol. The van der Waals surface area contributed by atoms with Gasteiger partial charge < -0.3 is 16.0 Å². The summed E-state index contributed by atoms with van der Waals surface area (Å²) in [5.41, 5.74) is 0.660. The lowest BCUT2D eigenvalue weighted by molar-refractivity contribution is 0.250. The normalized spacial score (nSPS) is 9.82. The zero-order valence-electron chi connectivity index (χ0n) is 10.2. The molecule has 0 saturated heterocycles. The molecule has 0 aromatic carbocycles. The van der Waals surface area contributed by atoms with Crippen molar-refractivity contribution < 1.29 is 4.79 Å². The van der Waals surface area contributed by atoms with Crippen LogP contribution in [0.15, 0.2) is 31.0 Å². The van der Waals surface area contributed by atoms with Gasteiger partial charge >= 0.3 is 6.03 Å². The van der Waals surface area contributed by atoms with Gasteiger partial charge in [0.1, 0.15) is 5.82 Å². The van der Waals surface area contributed by atoms with Crippen LogP contribution in [-0.2, 0) is 0 Å². The molecule has 0 unspecified atom stereocenters. The maximum absolute atomic E-state index is 11.4. The van der Waals surface area contributed by atoms with Crippen LogP contribution in [-0.4, -0.2) is 23.6 Å². The molecule has 1 rings (SSSR count). The van der Waals surface area contributed by atoms with Crippen molar-refractivity contribution in [3.63, 3.8) is 0 Å². The first kappa shape index (κ1) is 13.0. The van der Waals surface area contributed by atoms with E-state index in [1.165, 1.54) is 0 Å². The molecule has 0 bridgehead atoms. The van der Waals surface area contributed by atoms with Gasteiger partial charge in [-0.1, -0.05) is 6.08 Å². The molecule has 2 amide bonds. The fraction of sp³-hybridized carbons (Fsp3) is 0.333. The molecule has 92 valence electrons. The molecule has 5 nitrogen and oxygen atoms in total. The fourth-order valence-corrected chi connectivity index (χ4v) is 1.18. The van der Waals surface area contributed by atoms with Crippen molar-refractivity contribution in [2.75, 3.05) is 17.2 Å². The monoisotopic (exact) mass is 234 g/mol. The van der Waals surface area contributed by atoms with E-state index >= 15 is 0 Å². The molecule has 0 saturated carbocycles. The quantitative estimate of drug-likeness (QED) is 0.684. The van der Waals surface area contributed by atoms with Gasteiger partial charge in [0.25, 0.3) is 0 Å². The lowest BCUT2D eigenvalue weighted by Crippen LogP contribution is -2.34. The zero-order valence-corrected chi connectivity index (χ0v) is 10.2. The minimum absolute atomic E-state index is 0.108. The van der Waals surface area contributed by atoms with E-state index in [0.717, 1.165) is 5.82 Å². The highest BCUT2D eigenvalue weighted by Crippen LogP contribution is 2.09. The second-order valence-electron chi connectivity index (χ2n) is 3.85. The average Bonchev–Trinajstić information content (AvgIpc) is 2.27. The van der Waals surface area contributed by atoms with Crippen molar-refractivity contribution in [3.8, 4) is 0 Å². The molecule has 1 aromatic rings. The van der Waals surface area contributed by atoms with Crippen LogP contribution < -0.4 is 16.0 Å². The minimum atomic E-state index is -0.228. The van der Waals surface area contributed by atoms with Crippen LogP contribution in [0.2, 0.25) is 0 Å². The van der Waals surface area contributed by atoms with Crippen LogP contribution in [0.1, 0.15) is 13.8 Å². The molecule has 1 aromatic heterocycles. The lowest BCUT2D eigenvalue weighted by atomic mass is 10.4. The standard InChI is InChI=1S/C12H18N4O/c1-4-7-13-11-6-5-10(8-14-11)16-12(17)15-9(2)3/h4-6,8-9H,1,7H2,2-3H3,(H,13,14)(H2,15,16,17). The Morgan fingerprint density at radius 3 is 2.82 bits per heavy atom. The highest BCUT2D eigenvalue weighted by molar-refractivity contribution is 5.89. The van der Waals surface area contributed by atoms with Crippen molar-refractivity contribution in [3.05, 3.63) is 31.0 Å². The first-order valence-electron chi connectivity index (χ1n) is 5.50. The fourth-order valence-electron chi connectivity index (χ4n) is 1.18. The number of anilines is 2. The predicted octanol–water partition coefficient (Wildman–Crippen LogP) is 2.21. The first-order valence-corrected chi connectivity index (χ1v) is 5.50. The molecular weight excluding hydrogens is 216 g/mol. The topological polar surface area (TPSA) is 66.0 Å². The number of hydrogen-bond acceptors (Lipinski definition) is 3. The third-order valence-electron chi connectivity index (χ3n) is 1.87. The number of carbonyl (C=O) groups excluding carboxylic acids is 1. The molecule has 0 atom stereocenters. The first-order chi connectivity index (χ1) is 8.11. The Balaban J connectivity index is 2.50. The Morgan fingerprint density at radius 1 is 1.53 bits per heavy atom. The number of amides is 2. The van der Waals surface area contributed by atoms with Gasteiger partial charge in [-0.25, -0.2) is 9.78 Å². The third kappa shape index (κ3) is 5.01. The Hall–Kier alpha value is -2.04. The molecule has 1 heterocycles. The Labute approximate surface area is 101 Å². The molecule has 17 heavy (non-hydrogen) atoms. The van der Waals surface area contributed by atoms with Crippen molar-refractivity contribution in [2.45, 2.75) is 19.9 Å². The summed E-state index contributed by atoms with van der Waals surface area (Å²) in [6.45, 7) is 8.07. The van der Waals surface area contributed by atoms with Crippen LogP contribution in [0.25, 0.3) is 0 Å². The van der Waals surface area contributed by atoms with Crippen molar-refractivity contribution >= 4 is 17.5 Å². The average molecular weight is 234 g/mol. The van der Waals surface area contributed by atoms with E-state index in [1.807, 2.05) is 13.8 Å². The van der Waals surface area contributed by atoms with E-state index in [2.05, 4.69) is 27.5 Å². The van der Waals surface area contributed by atoms with Crippen molar-refractivity contribution in [2.24, 2.45) is 0 Å². The maximum Gasteiger partial charge on any atom is 0.319 e. The minimum Gasteiger partial charge on any atom is -0.367 e. The highest BCUT2D eigenvalue weighted by atomic mass is 16.2. The SMILES string of the molecule is C=CCNc1ccc(NC(=O)NC(C)C)cn1. The van der Waals surface area contributed by atoms with Gasteiger partial charge in [0.05, 0.1) is 11.9 Å². The van der Waals surface area contributed by atoms with Crippen LogP contribution in [0.5, 0.6) is 0 Å². The smallest absolute Gasteiger partial charge is 0.319 e. The van der Waals surface area contributed by atoms with E-state index in [4.69, 9.17) is 0 Å². The van der Waals surface area contributed by atoms with Crippen molar-refractivity contribution in [1.82, 2.24) is 10.3 Å². The zero-order chi connectivity index (χ0) is 12.7. The summed E-state index contributed by atoms with van der Waals surface area (Å²) in [7, 11) is 0. The van der Waals surface area contributed by atoms with E-state index < -0.39 is 0 Å². The summed E-state index contributed by atoms with van der Waals surface area (Å²) in [6.07, 6.45) is 3.36. The summed E-state index contributed by atoms with van der Waals surface area (Å²) in [5, 5.41) is 8.48. The van der Waals surface area contributed by atoms with Crippen molar-refractivity contribution in [1.29, 1.82) is 0 Å². The summed E-state index contributed by atoms with van der Waals surface area (Å²) in [4.78, 5) is 15.5. The number of urea groups is 1. The van der Waals surface area contributed by atoms with Gasteiger partial charge in [0, 0.05) is 12.6 Å². The van der Waals surface area contributed by atoms with Crippen LogP contribution in [0.3, 0.4) is 0 Å². The summed E-state index contributed by atoms with van der Waals surface area (Å²) in [6, 6.07) is 3.47. The van der Waals surface area contributed by atoms with E-state index in [9.17, 15) is 4.79 Å². The van der Waals surface area contributed by atoms with Gasteiger partial charge in [0.2, 0.25) is 0 Å². The Kier molecular flexibility index (Phi) is 5.00. The molecular formula is C12H18N4O. The second kappa shape index (κ2) is 6.52. The molecule has 3 N–H and O–H groups in total. The Bertz CT molecular complexity index is 373. The number of rotatable bonds is 5. The van der Waals surface area contributed by atoms with Gasteiger partial charge in [-0.2, -0.15) is 0 Å². The number of carbonyl (C=O) groups is 1. The maximum atomic E-state index is 11.4. The molecule has 0 aliphatic rings. The highest BCUT2D eigenvalue weighted by Gasteiger charge is 2.03. The number of pyridine rings is 1. The van der Waals surface area contributed by atoms with Crippen LogP contribution in [0, 0.1) is 0 Å². The summed E-state index contributed by atoms with van der Waals surface area (Å²) < 4.78 is 0. The second-order valence-corrected chi connectivity index (χ2v) is 3.85. The molecule has 0 spiro atoms. The third-order valence-corrected chi connectivity index (χ3v) is 1.87. The van der Waals surface area contributed by atoms with E-state index in [1.54, 1.807) is 24.4 Å². The van der Waals surface area contributed by atoms with Gasteiger partial charge in [-0.3, -0.25) is 0 Å². The molecule has 0 fully saturated rings. The molecule has 0 radical (unpaired) electrons. The number of aromatic nitrogens is 1. The van der Waals surface area contributed by atoms with Crippen LogP contribution in [0.4, 0.5) is 16.3 Å². The van der Waals surface area contributed by atoms with Crippen LogP contribution >= 0.6 is 0 Å². The lowest BCUT2D eigenvalue weighted by Gasteiger charge is -2.10. The summed E-state index contributed by atoms with van der Waals surface area (Å²) in [5.74, 6) is 0.750. The van der Waals surface area contributed by atoms with E-state index in [-0.39, 0.29) is 12.1 Å². The van der Waals surface area contributed by atoms with E-state index in [0.29, 0.717) is 12.2 Å². The molecule has 0 aliphatic heterocycles. The summed E-state index contributed by atoms with van der Waals surface area (Å²) >= 11 is 0. The number of nitrogens with one attached hydrogen (secondary N) is 3. The molecule has 5 heteroatoms. The number of hydrogen-bond donors (Lipinski definition) is 3.